The lowest BCUT2D eigenvalue weighted by Gasteiger charge is -2.18. The minimum Gasteiger partial charge on any atom is -0.472 e. The highest BCUT2D eigenvalue weighted by Gasteiger charge is 2.18. The molecule has 0 aliphatic carbocycles. The lowest BCUT2D eigenvalue weighted by Crippen LogP contribution is -2.47. The van der Waals surface area contributed by atoms with Crippen LogP contribution in [0.2, 0.25) is 5.02 Å². The minimum atomic E-state index is -0.640. The molecule has 2 amide bonds. The smallest absolute Gasteiger partial charge is 0.255 e. The van der Waals surface area contributed by atoms with Crippen LogP contribution in [0.4, 0.5) is 0 Å². The monoisotopic (exact) mass is 334 g/mol. The number of benzene rings is 1. The molecular formula is C17H19ClN2O3. The minimum absolute atomic E-state index is 0.0748. The number of hydrogen-bond acceptors (Lipinski definition) is 3. The van der Waals surface area contributed by atoms with E-state index in [-0.39, 0.29) is 17.9 Å². The fourth-order valence-electron chi connectivity index (χ4n) is 2.18. The predicted molar refractivity (Wildman–Crippen MR) is 88.4 cm³/mol. The van der Waals surface area contributed by atoms with E-state index in [1.165, 1.54) is 12.5 Å². The molecule has 1 aromatic carbocycles. The molecular weight excluding hydrogens is 316 g/mol. The van der Waals surface area contributed by atoms with Crippen molar-refractivity contribution in [1.29, 1.82) is 0 Å². The van der Waals surface area contributed by atoms with Crippen LogP contribution in [0, 0.1) is 0 Å². The highest BCUT2D eigenvalue weighted by Crippen LogP contribution is 2.12. The van der Waals surface area contributed by atoms with E-state index in [1.807, 2.05) is 31.2 Å². The first-order valence-electron chi connectivity index (χ1n) is 7.33. The molecule has 0 saturated carbocycles. The van der Waals surface area contributed by atoms with E-state index in [0.717, 1.165) is 5.56 Å². The maximum Gasteiger partial charge on any atom is 0.255 e. The summed E-state index contributed by atoms with van der Waals surface area (Å²) in [5.74, 6) is -0.583. The van der Waals surface area contributed by atoms with Crippen molar-refractivity contribution >= 4 is 23.4 Å². The quantitative estimate of drug-likeness (QED) is 0.853. The molecule has 5 nitrogen and oxygen atoms in total. The van der Waals surface area contributed by atoms with Gasteiger partial charge in [0.05, 0.1) is 11.8 Å². The van der Waals surface area contributed by atoms with Crippen molar-refractivity contribution in [1.82, 2.24) is 10.6 Å². The van der Waals surface area contributed by atoms with Gasteiger partial charge in [-0.3, -0.25) is 9.59 Å². The van der Waals surface area contributed by atoms with Crippen LogP contribution in [0.1, 0.15) is 29.8 Å². The molecule has 0 aliphatic heterocycles. The summed E-state index contributed by atoms with van der Waals surface area (Å²) in [6.07, 6.45) is 3.41. The lowest BCUT2D eigenvalue weighted by molar-refractivity contribution is -0.123. The van der Waals surface area contributed by atoms with Gasteiger partial charge in [-0.2, -0.15) is 0 Å². The molecule has 0 saturated heterocycles. The zero-order valence-corrected chi connectivity index (χ0v) is 13.8. The molecule has 2 rings (SSSR count). The lowest BCUT2D eigenvalue weighted by atomic mass is 10.1. The Morgan fingerprint density at radius 2 is 2.00 bits per heavy atom. The first-order valence-corrected chi connectivity index (χ1v) is 7.71. The van der Waals surface area contributed by atoms with E-state index in [4.69, 9.17) is 16.0 Å². The summed E-state index contributed by atoms with van der Waals surface area (Å²) in [5.41, 5.74) is 1.43. The topological polar surface area (TPSA) is 71.3 Å². The standard InChI is InChI=1S/C17H19ClN2O3/c1-11(8-13-4-3-5-15(18)9-13)19-16(21)12(2)20-17(22)14-6-7-23-10-14/h3-7,9-12H,8H2,1-2H3,(H,19,21)(H,20,22)/t11-,12-/m1/s1. The second-order valence-electron chi connectivity index (χ2n) is 5.45. The molecule has 1 aromatic heterocycles. The van der Waals surface area contributed by atoms with Crippen LogP contribution in [-0.4, -0.2) is 23.9 Å². The van der Waals surface area contributed by atoms with Crippen LogP contribution in [0.15, 0.2) is 47.3 Å². The van der Waals surface area contributed by atoms with Gasteiger partial charge < -0.3 is 15.1 Å². The van der Waals surface area contributed by atoms with Gasteiger partial charge in [-0.25, -0.2) is 0 Å². The molecule has 23 heavy (non-hydrogen) atoms. The number of nitrogens with one attached hydrogen (secondary N) is 2. The highest BCUT2D eigenvalue weighted by atomic mass is 35.5. The van der Waals surface area contributed by atoms with E-state index in [2.05, 4.69) is 10.6 Å². The summed E-state index contributed by atoms with van der Waals surface area (Å²) < 4.78 is 4.85. The van der Waals surface area contributed by atoms with E-state index in [1.54, 1.807) is 13.0 Å². The fraction of sp³-hybridized carbons (Fsp3) is 0.294. The molecule has 2 aromatic rings. The van der Waals surface area contributed by atoms with Crippen molar-refractivity contribution < 1.29 is 14.0 Å². The van der Waals surface area contributed by atoms with Gasteiger partial charge >= 0.3 is 0 Å². The number of carbonyl (C=O) groups is 2. The Labute approximate surface area is 140 Å². The molecule has 0 spiro atoms. The summed E-state index contributed by atoms with van der Waals surface area (Å²) in [6.45, 7) is 3.54. The van der Waals surface area contributed by atoms with Crippen molar-refractivity contribution in [2.75, 3.05) is 0 Å². The van der Waals surface area contributed by atoms with Crippen LogP contribution in [0.5, 0.6) is 0 Å². The van der Waals surface area contributed by atoms with E-state index >= 15 is 0 Å². The number of carbonyl (C=O) groups excluding carboxylic acids is 2. The first kappa shape index (κ1) is 17.1. The van der Waals surface area contributed by atoms with Gasteiger partial charge in [0.1, 0.15) is 12.3 Å². The molecule has 122 valence electrons. The molecule has 1 heterocycles. The van der Waals surface area contributed by atoms with Crippen LogP contribution in [0.25, 0.3) is 0 Å². The average molecular weight is 335 g/mol. The van der Waals surface area contributed by atoms with Crippen LogP contribution >= 0.6 is 11.6 Å². The van der Waals surface area contributed by atoms with Gasteiger partial charge in [-0.1, -0.05) is 23.7 Å². The molecule has 0 fully saturated rings. The predicted octanol–water partition coefficient (Wildman–Crippen LogP) is 2.80. The van der Waals surface area contributed by atoms with E-state index in [0.29, 0.717) is 17.0 Å². The van der Waals surface area contributed by atoms with Crippen LogP contribution < -0.4 is 10.6 Å². The first-order chi connectivity index (χ1) is 11.0. The maximum atomic E-state index is 12.1. The summed E-state index contributed by atoms with van der Waals surface area (Å²) in [6, 6.07) is 8.34. The third-order valence-corrected chi connectivity index (χ3v) is 3.58. The molecule has 0 aliphatic rings. The number of amides is 2. The second kappa shape index (κ2) is 7.83. The molecule has 0 unspecified atom stereocenters. The zero-order valence-electron chi connectivity index (χ0n) is 13.0. The number of rotatable bonds is 6. The Balaban J connectivity index is 1.84. The third kappa shape index (κ3) is 5.14. The Hall–Kier alpha value is -2.27. The summed E-state index contributed by atoms with van der Waals surface area (Å²) in [4.78, 5) is 24.0. The normalized spacial score (nSPS) is 13.2. The van der Waals surface area contributed by atoms with Crippen molar-refractivity contribution in [2.45, 2.75) is 32.4 Å². The van der Waals surface area contributed by atoms with Crippen LogP contribution in [-0.2, 0) is 11.2 Å². The van der Waals surface area contributed by atoms with Gasteiger partial charge in [0.2, 0.25) is 5.91 Å². The molecule has 2 N–H and O–H groups in total. The maximum absolute atomic E-state index is 12.1. The molecule has 2 atom stereocenters. The summed E-state index contributed by atoms with van der Waals surface area (Å²) in [5, 5.41) is 6.17. The molecule has 0 radical (unpaired) electrons. The largest absolute Gasteiger partial charge is 0.472 e. The Bertz CT molecular complexity index is 670. The van der Waals surface area contributed by atoms with E-state index < -0.39 is 6.04 Å². The van der Waals surface area contributed by atoms with Gasteiger partial charge in [0.25, 0.3) is 5.91 Å². The number of halogens is 1. The Morgan fingerprint density at radius 3 is 2.65 bits per heavy atom. The summed E-state index contributed by atoms with van der Waals surface area (Å²) in [7, 11) is 0. The average Bonchev–Trinajstić information content (AvgIpc) is 3.01. The van der Waals surface area contributed by atoms with E-state index in [9.17, 15) is 9.59 Å². The van der Waals surface area contributed by atoms with Crippen molar-refractivity contribution in [3.05, 3.63) is 59.0 Å². The fourth-order valence-corrected chi connectivity index (χ4v) is 2.39. The van der Waals surface area contributed by atoms with Crippen molar-refractivity contribution in [2.24, 2.45) is 0 Å². The zero-order chi connectivity index (χ0) is 16.8. The van der Waals surface area contributed by atoms with Gasteiger partial charge in [0, 0.05) is 11.1 Å². The highest BCUT2D eigenvalue weighted by molar-refractivity contribution is 6.30. The third-order valence-electron chi connectivity index (χ3n) is 3.34. The summed E-state index contributed by atoms with van der Waals surface area (Å²) >= 11 is 5.95. The second-order valence-corrected chi connectivity index (χ2v) is 5.89. The Morgan fingerprint density at radius 1 is 1.22 bits per heavy atom. The number of furan rings is 1. The van der Waals surface area contributed by atoms with Crippen molar-refractivity contribution in [3.63, 3.8) is 0 Å². The van der Waals surface area contributed by atoms with Crippen LogP contribution in [0.3, 0.4) is 0 Å². The Kier molecular flexibility index (Phi) is 5.82. The van der Waals surface area contributed by atoms with Gasteiger partial charge in [-0.05, 0) is 44.0 Å². The molecule has 0 bridgehead atoms. The molecule has 6 heteroatoms. The van der Waals surface area contributed by atoms with Crippen molar-refractivity contribution in [3.8, 4) is 0 Å². The SMILES string of the molecule is C[C@H](Cc1cccc(Cl)c1)NC(=O)[C@@H](C)NC(=O)c1ccoc1. The van der Waals surface area contributed by atoms with Gasteiger partial charge in [-0.15, -0.1) is 0 Å². The number of hydrogen-bond donors (Lipinski definition) is 2. The van der Waals surface area contributed by atoms with Gasteiger partial charge in [0.15, 0.2) is 0 Å².